The normalized spacial score (nSPS) is 25.7. The summed E-state index contributed by atoms with van der Waals surface area (Å²) >= 11 is 0. The first kappa shape index (κ1) is 16.8. The number of carbonyl (C=O) groups is 2. The largest absolute Gasteiger partial charge is 0.441 e. The van der Waals surface area contributed by atoms with Crippen molar-refractivity contribution in [3.63, 3.8) is 0 Å². The van der Waals surface area contributed by atoms with Gasteiger partial charge in [-0.15, -0.1) is 0 Å². The van der Waals surface area contributed by atoms with Crippen molar-refractivity contribution in [1.82, 2.24) is 9.80 Å². The molecule has 24 heavy (non-hydrogen) atoms. The average Bonchev–Trinajstić information content (AvgIpc) is 2.83. The number of cyclic esters (lactones) is 1. The van der Waals surface area contributed by atoms with Crippen molar-refractivity contribution in [3.8, 4) is 0 Å². The van der Waals surface area contributed by atoms with E-state index < -0.39 is 5.60 Å². The van der Waals surface area contributed by atoms with Crippen molar-refractivity contribution in [1.29, 1.82) is 0 Å². The summed E-state index contributed by atoms with van der Waals surface area (Å²) in [6.45, 7) is 5.17. The summed E-state index contributed by atoms with van der Waals surface area (Å²) in [5, 5.41) is 0. The van der Waals surface area contributed by atoms with Crippen LogP contribution >= 0.6 is 0 Å². The second-order valence-electron chi connectivity index (χ2n) is 7.04. The minimum absolute atomic E-state index is 0.235. The van der Waals surface area contributed by atoms with E-state index in [1.165, 1.54) is 0 Å². The molecular formula is C18H25N3O3. The molecule has 0 saturated carbocycles. The SMILES string of the molecule is C[C@@]1(C2CCN(CC(N)=O)CC2)CN(Cc2ccccc2)C(=O)O1. The molecule has 1 aromatic rings. The molecule has 2 N–H and O–H groups in total. The number of likely N-dealkylation sites (tertiary alicyclic amines) is 1. The molecule has 0 aliphatic carbocycles. The average molecular weight is 331 g/mol. The topological polar surface area (TPSA) is 75.9 Å². The van der Waals surface area contributed by atoms with E-state index in [9.17, 15) is 9.59 Å². The number of rotatable bonds is 5. The van der Waals surface area contributed by atoms with Crippen molar-refractivity contribution in [2.75, 3.05) is 26.2 Å². The highest BCUT2D eigenvalue weighted by molar-refractivity contribution is 5.75. The number of hydrogen-bond acceptors (Lipinski definition) is 4. The maximum absolute atomic E-state index is 12.3. The van der Waals surface area contributed by atoms with E-state index in [2.05, 4.69) is 4.90 Å². The molecule has 6 heteroatoms. The van der Waals surface area contributed by atoms with Crippen LogP contribution in [0.3, 0.4) is 0 Å². The van der Waals surface area contributed by atoms with E-state index in [1.807, 2.05) is 37.3 Å². The smallest absolute Gasteiger partial charge is 0.410 e. The third-order valence-electron chi connectivity index (χ3n) is 5.13. The third kappa shape index (κ3) is 3.70. The first-order valence-corrected chi connectivity index (χ1v) is 8.49. The number of amides is 2. The Bertz CT molecular complexity index is 599. The first-order chi connectivity index (χ1) is 11.5. The minimum atomic E-state index is -0.454. The van der Waals surface area contributed by atoms with Gasteiger partial charge in [0.15, 0.2) is 0 Å². The summed E-state index contributed by atoms with van der Waals surface area (Å²) in [6, 6.07) is 9.96. The van der Waals surface area contributed by atoms with Gasteiger partial charge in [0.2, 0.25) is 5.91 Å². The standard InChI is InChI=1S/C18H25N3O3/c1-18(15-7-9-20(10-8-15)12-16(19)22)13-21(17(23)24-18)11-14-5-3-2-4-6-14/h2-6,15H,7-13H2,1H3,(H2,19,22)/t18-/m0/s1. The number of ether oxygens (including phenoxy) is 1. The summed E-state index contributed by atoms with van der Waals surface area (Å²) in [5.41, 5.74) is 5.91. The van der Waals surface area contributed by atoms with Crippen molar-refractivity contribution in [3.05, 3.63) is 35.9 Å². The van der Waals surface area contributed by atoms with E-state index in [0.29, 0.717) is 25.6 Å². The van der Waals surface area contributed by atoms with Crippen LogP contribution in [0.2, 0.25) is 0 Å². The Balaban J connectivity index is 1.59. The summed E-state index contributed by atoms with van der Waals surface area (Å²) in [4.78, 5) is 27.2. The maximum Gasteiger partial charge on any atom is 0.410 e. The lowest BCUT2D eigenvalue weighted by Gasteiger charge is -2.38. The molecule has 2 aliphatic heterocycles. The van der Waals surface area contributed by atoms with E-state index in [4.69, 9.17) is 10.5 Å². The molecule has 2 fully saturated rings. The van der Waals surface area contributed by atoms with Gasteiger partial charge in [-0.05, 0) is 38.4 Å². The van der Waals surface area contributed by atoms with Crippen LogP contribution in [0.4, 0.5) is 4.79 Å². The van der Waals surface area contributed by atoms with Crippen LogP contribution in [0.1, 0.15) is 25.3 Å². The zero-order chi connectivity index (χ0) is 17.2. The Hall–Kier alpha value is -2.08. The van der Waals surface area contributed by atoms with Gasteiger partial charge in [0, 0.05) is 12.5 Å². The zero-order valence-electron chi connectivity index (χ0n) is 14.1. The molecule has 2 heterocycles. The predicted molar refractivity (Wildman–Crippen MR) is 90.1 cm³/mol. The van der Waals surface area contributed by atoms with Crippen LogP contribution in [0.5, 0.6) is 0 Å². The van der Waals surface area contributed by atoms with Gasteiger partial charge < -0.3 is 10.5 Å². The Morgan fingerprint density at radius 2 is 1.96 bits per heavy atom. The lowest BCUT2D eigenvalue weighted by atomic mass is 9.81. The Labute approximate surface area is 142 Å². The van der Waals surface area contributed by atoms with Crippen LogP contribution in [0.15, 0.2) is 30.3 Å². The van der Waals surface area contributed by atoms with Crippen molar-refractivity contribution < 1.29 is 14.3 Å². The van der Waals surface area contributed by atoms with Gasteiger partial charge in [-0.2, -0.15) is 0 Å². The highest BCUT2D eigenvalue weighted by atomic mass is 16.6. The fourth-order valence-electron chi connectivity index (χ4n) is 3.80. The number of hydrogen-bond donors (Lipinski definition) is 1. The summed E-state index contributed by atoms with van der Waals surface area (Å²) in [5.74, 6) is 0.0207. The molecular weight excluding hydrogens is 306 g/mol. The van der Waals surface area contributed by atoms with Crippen LogP contribution in [0, 0.1) is 5.92 Å². The lowest BCUT2D eigenvalue weighted by Crippen LogP contribution is -2.47. The highest BCUT2D eigenvalue weighted by Gasteiger charge is 2.47. The van der Waals surface area contributed by atoms with Gasteiger partial charge in [0.1, 0.15) is 5.60 Å². The summed E-state index contributed by atoms with van der Waals surface area (Å²) in [7, 11) is 0. The van der Waals surface area contributed by atoms with Crippen LogP contribution in [0.25, 0.3) is 0 Å². The monoisotopic (exact) mass is 331 g/mol. The van der Waals surface area contributed by atoms with Gasteiger partial charge >= 0.3 is 6.09 Å². The number of nitrogens with zero attached hydrogens (tertiary/aromatic N) is 2. The van der Waals surface area contributed by atoms with Crippen molar-refractivity contribution >= 4 is 12.0 Å². The van der Waals surface area contributed by atoms with Crippen LogP contribution in [-0.2, 0) is 16.1 Å². The Morgan fingerprint density at radius 3 is 2.58 bits per heavy atom. The van der Waals surface area contributed by atoms with Gasteiger partial charge in [-0.3, -0.25) is 14.6 Å². The van der Waals surface area contributed by atoms with Gasteiger partial charge in [-0.1, -0.05) is 30.3 Å². The van der Waals surface area contributed by atoms with E-state index in [1.54, 1.807) is 4.90 Å². The van der Waals surface area contributed by atoms with E-state index in [-0.39, 0.29) is 12.0 Å². The molecule has 1 atom stereocenters. The second kappa shape index (κ2) is 6.81. The predicted octanol–water partition coefficient (Wildman–Crippen LogP) is 1.59. The minimum Gasteiger partial charge on any atom is -0.441 e. The van der Waals surface area contributed by atoms with Crippen LogP contribution < -0.4 is 5.73 Å². The van der Waals surface area contributed by atoms with E-state index in [0.717, 1.165) is 31.5 Å². The molecule has 2 aliphatic rings. The molecule has 1 aromatic carbocycles. The number of nitrogens with two attached hydrogens (primary N) is 1. The molecule has 2 saturated heterocycles. The molecule has 0 radical (unpaired) electrons. The quantitative estimate of drug-likeness (QED) is 0.889. The van der Waals surface area contributed by atoms with E-state index >= 15 is 0 Å². The lowest BCUT2D eigenvalue weighted by molar-refractivity contribution is -0.119. The third-order valence-corrected chi connectivity index (χ3v) is 5.13. The van der Waals surface area contributed by atoms with Crippen LogP contribution in [-0.4, -0.2) is 53.6 Å². The highest BCUT2D eigenvalue weighted by Crippen LogP contribution is 2.36. The number of benzene rings is 1. The first-order valence-electron chi connectivity index (χ1n) is 8.49. The van der Waals surface area contributed by atoms with Gasteiger partial charge in [0.05, 0.1) is 13.1 Å². The molecule has 130 valence electrons. The zero-order valence-corrected chi connectivity index (χ0v) is 14.1. The second-order valence-corrected chi connectivity index (χ2v) is 7.04. The molecule has 3 rings (SSSR count). The Morgan fingerprint density at radius 1 is 1.29 bits per heavy atom. The fraction of sp³-hybridized carbons (Fsp3) is 0.556. The summed E-state index contributed by atoms with van der Waals surface area (Å²) < 4.78 is 5.77. The molecule has 6 nitrogen and oxygen atoms in total. The fourth-order valence-corrected chi connectivity index (χ4v) is 3.80. The molecule has 0 aromatic heterocycles. The van der Waals surface area contributed by atoms with Gasteiger partial charge in [0.25, 0.3) is 0 Å². The number of primary amides is 1. The molecule has 0 spiro atoms. The Kier molecular flexibility index (Phi) is 4.76. The maximum atomic E-state index is 12.3. The van der Waals surface area contributed by atoms with Crippen molar-refractivity contribution in [2.24, 2.45) is 11.7 Å². The van der Waals surface area contributed by atoms with Crippen molar-refractivity contribution in [2.45, 2.75) is 31.9 Å². The molecule has 2 amide bonds. The number of carbonyl (C=O) groups excluding carboxylic acids is 2. The van der Waals surface area contributed by atoms with Gasteiger partial charge in [-0.25, -0.2) is 4.79 Å². The number of piperidine rings is 1. The summed E-state index contributed by atoms with van der Waals surface area (Å²) in [6.07, 6.45) is 1.59. The molecule has 0 bridgehead atoms. The molecule has 0 unspecified atom stereocenters.